The summed E-state index contributed by atoms with van der Waals surface area (Å²) in [7, 11) is 1.56. The van der Waals surface area contributed by atoms with Gasteiger partial charge < -0.3 is 19.9 Å². The van der Waals surface area contributed by atoms with E-state index in [1.807, 2.05) is 6.07 Å². The van der Waals surface area contributed by atoms with Crippen LogP contribution in [-0.4, -0.2) is 52.7 Å². The van der Waals surface area contributed by atoms with Gasteiger partial charge in [0.05, 0.1) is 26.4 Å². The predicted molar refractivity (Wildman–Crippen MR) is 104 cm³/mol. The Hall–Kier alpha value is -2.07. The minimum Gasteiger partial charge on any atom is -0.493 e. The van der Waals surface area contributed by atoms with Crippen LogP contribution in [0.3, 0.4) is 0 Å². The summed E-state index contributed by atoms with van der Waals surface area (Å²) in [5.41, 5.74) is 0.746. The Morgan fingerprint density at radius 1 is 1.46 bits per heavy atom. The number of nitrogens with one attached hydrogen (secondary N) is 1. The first-order valence-electron chi connectivity index (χ1n) is 7.70. The number of carboxylic acids is 1. The van der Waals surface area contributed by atoms with E-state index in [2.05, 4.69) is 31.4 Å². The van der Waals surface area contributed by atoms with E-state index in [0.29, 0.717) is 18.1 Å². The van der Waals surface area contributed by atoms with E-state index in [9.17, 15) is 9.59 Å². The maximum Gasteiger partial charge on any atom is 0.305 e. The van der Waals surface area contributed by atoms with Crippen LogP contribution in [0.2, 0.25) is 0 Å². The van der Waals surface area contributed by atoms with E-state index in [4.69, 9.17) is 14.6 Å². The highest BCUT2D eigenvalue weighted by Gasteiger charge is 2.32. The molecule has 1 unspecified atom stereocenters. The lowest BCUT2D eigenvalue weighted by molar-refractivity contribution is -0.138. The number of amides is 1. The number of halogens is 1. The van der Waals surface area contributed by atoms with Crippen LogP contribution in [0.4, 0.5) is 0 Å². The van der Waals surface area contributed by atoms with Crippen molar-refractivity contribution < 1.29 is 24.2 Å². The summed E-state index contributed by atoms with van der Waals surface area (Å²) in [6.07, 6.45) is 2.14. The van der Waals surface area contributed by atoms with Gasteiger partial charge in [0.1, 0.15) is 5.25 Å². The van der Waals surface area contributed by atoms with E-state index < -0.39 is 11.2 Å². The highest BCUT2D eigenvalue weighted by atomic mass is 79.9. The number of ether oxygens (including phenoxy) is 2. The first-order chi connectivity index (χ1) is 12.5. The standard InChI is InChI=1S/C16H18BrN3O5S/c1-24-12-7-10(3-4-11(12)25-6-2-5-17)9-18-20-16-19-15(23)13(26-16)8-14(21)22/h3-4,7,9,13H,2,5-6,8H2,1H3,(H,21,22)(H,19,20,23). The summed E-state index contributed by atoms with van der Waals surface area (Å²) in [5, 5.41) is 19.6. The summed E-state index contributed by atoms with van der Waals surface area (Å²) in [6, 6.07) is 5.36. The average molecular weight is 444 g/mol. The number of hydrogen-bond acceptors (Lipinski definition) is 7. The van der Waals surface area contributed by atoms with E-state index in [-0.39, 0.29) is 17.5 Å². The average Bonchev–Trinajstić information content (AvgIpc) is 2.95. The van der Waals surface area contributed by atoms with Crippen LogP contribution < -0.4 is 14.8 Å². The summed E-state index contributed by atoms with van der Waals surface area (Å²) in [6.45, 7) is 0.580. The van der Waals surface area contributed by atoms with Crippen molar-refractivity contribution in [2.45, 2.75) is 18.1 Å². The molecule has 140 valence electrons. The molecule has 0 spiro atoms. The third-order valence-corrected chi connectivity index (χ3v) is 4.85. The Morgan fingerprint density at radius 2 is 2.27 bits per heavy atom. The molecule has 1 heterocycles. The lowest BCUT2D eigenvalue weighted by atomic mass is 10.2. The molecule has 2 N–H and O–H groups in total. The van der Waals surface area contributed by atoms with Gasteiger partial charge in [-0.3, -0.25) is 9.59 Å². The molecule has 0 aliphatic carbocycles. The summed E-state index contributed by atoms with van der Waals surface area (Å²) in [5.74, 6) is -0.181. The number of nitrogens with zero attached hydrogens (tertiary/aromatic N) is 2. The monoisotopic (exact) mass is 443 g/mol. The van der Waals surface area contributed by atoms with Crippen molar-refractivity contribution >= 4 is 51.0 Å². The van der Waals surface area contributed by atoms with Crippen molar-refractivity contribution in [2.24, 2.45) is 10.2 Å². The Balaban J connectivity index is 1.99. The SMILES string of the molecule is COc1cc(C=NN=C2NC(=O)C(CC(=O)O)S2)ccc1OCCCBr. The first kappa shape index (κ1) is 20.2. The zero-order valence-electron chi connectivity index (χ0n) is 14.0. The lowest BCUT2D eigenvalue weighted by Gasteiger charge is -2.10. The van der Waals surface area contributed by atoms with E-state index in [0.717, 1.165) is 29.1 Å². The number of methoxy groups -OCH3 is 1. The third kappa shape index (κ3) is 6.03. The maximum atomic E-state index is 11.6. The number of rotatable bonds is 9. The van der Waals surface area contributed by atoms with Crippen LogP contribution in [0.1, 0.15) is 18.4 Å². The molecule has 1 aliphatic heterocycles. The zero-order chi connectivity index (χ0) is 18.9. The molecular weight excluding hydrogens is 426 g/mol. The fraction of sp³-hybridized carbons (Fsp3) is 0.375. The van der Waals surface area contributed by atoms with Gasteiger partial charge in [-0.25, -0.2) is 0 Å². The number of alkyl halides is 1. The van der Waals surface area contributed by atoms with Crippen LogP contribution in [-0.2, 0) is 9.59 Å². The van der Waals surface area contributed by atoms with Crippen LogP contribution in [0, 0.1) is 0 Å². The molecule has 0 saturated carbocycles. The third-order valence-electron chi connectivity index (χ3n) is 3.22. The van der Waals surface area contributed by atoms with E-state index in [1.165, 1.54) is 6.21 Å². The van der Waals surface area contributed by atoms with Gasteiger partial charge in [-0.2, -0.15) is 5.10 Å². The zero-order valence-corrected chi connectivity index (χ0v) is 16.4. The number of aliphatic carboxylic acids is 1. The van der Waals surface area contributed by atoms with Crippen LogP contribution in [0.25, 0.3) is 0 Å². The molecule has 8 nitrogen and oxygen atoms in total. The summed E-state index contributed by atoms with van der Waals surface area (Å²) < 4.78 is 10.9. The molecular formula is C16H18BrN3O5S. The Bertz CT molecular complexity index is 726. The molecule has 2 rings (SSSR count). The van der Waals surface area contributed by atoms with Crippen molar-refractivity contribution in [3.05, 3.63) is 23.8 Å². The highest BCUT2D eigenvalue weighted by Crippen LogP contribution is 2.28. The number of thioether (sulfide) groups is 1. The molecule has 1 aromatic rings. The number of hydrogen-bond donors (Lipinski definition) is 2. The Kier molecular flexibility index (Phi) is 7.92. The largest absolute Gasteiger partial charge is 0.493 e. The molecule has 1 amide bonds. The number of benzene rings is 1. The second-order valence-corrected chi connectivity index (χ2v) is 7.13. The molecule has 0 radical (unpaired) electrons. The predicted octanol–water partition coefficient (Wildman–Crippen LogP) is 2.26. The van der Waals surface area contributed by atoms with Gasteiger partial charge in [0.2, 0.25) is 5.91 Å². The number of carboxylic acid groups (broad SMARTS) is 1. The molecule has 1 saturated heterocycles. The molecule has 26 heavy (non-hydrogen) atoms. The second-order valence-electron chi connectivity index (χ2n) is 5.14. The second kappa shape index (κ2) is 10.2. The van der Waals surface area contributed by atoms with Crippen LogP contribution in [0.15, 0.2) is 28.4 Å². The minimum atomic E-state index is -1.03. The molecule has 1 aromatic carbocycles. The molecule has 1 atom stereocenters. The molecule has 0 bridgehead atoms. The van der Waals surface area contributed by atoms with Crippen molar-refractivity contribution in [3.8, 4) is 11.5 Å². The van der Waals surface area contributed by atoms with E-state index in [1.54, 1.807) is 19.2 Å². The van der Waals surface area contributed by atoms with Crippen molar-refractivity contribution in [2.75, 3.05) is 19.0 Å². The lowest BCUT2D eigenvalue weighted by Crippen LogP contribution is -2.26. The topological polar surface area (TPSA) is 110 Å². The Morgan fingerprint density at radius 3 is 2.96 bits per heavy atom. The van der Waals surface area contributed by atoms with Gasteiger partial charge >= 0.3 is 5.97 Å². The van der Waals surface area contributed by atoms with Crippen LogP contribution >= 0.6 is 27.7 Å². The van der Waals surface area contributed by atoms with Crippen molar-refractivity contribution in [3.63, 3.8) is 0 Å². The molecule has 0 aromatic heterocycles. The normalized spacial score (nSPS) is 18.3. The summed E-state index contributed by atoms with van der Waals surface area (Å²) in [4.78, 5) is 22.3. The molecule has 10 heteroatoms. The number of carbonyl (C=O) groups is 2. The van der Waals surface area contributed by atoms with Gasteiger partial charge in [-0.05, 0) is 30.2 Å². The van der Waals surface area contributed by atoms with Gasteiger partial charge in [-0.15, -0.1) is 5.10 Å². The van der Waals surface area contributed by atoms with Gasteiger partial charge in [0.25, 0.3) is 0 Å². The number of carbonyl (C=O) groups excluding carboxylic acids is 1. The van der Waals surface area contributed by atoms with Crippen LogP contribution in [0.5, 0.6) is 11.5 Å². The van der Waals surface area contributed by atoms with Gasteiger partial charge in [0, 0.05) is 5.33 Å². The van der Waals surface area contributed by atoms with Gasteiger partial charge in [-0.1, -0.05) is 27.7 Å². The summed E-state index contributed by atoms with van der Waals surface area (Å²) >= 11 is 4.40. The quantitative estimate of drug-likeness (QED) is 0.262. The van der Waals surface area contributed by atoms with Crippen molar-refractivity contribution in [1.82, 2.24) is 5.32 Å². The van der Waals surface area contributed by atoms with Crippen molar-refractivity contribution in [1.29, 1.82) is 0 Å². The molecule has 1 fully saturated rings. The highest BCUT2D eigenvalue weighted by molar-refractivity contribution is 9.09. The first-order valence-corrected chi connectivity index (χ1v) is 9.70. The fourth-order valence-electron chi connectivity index (χ4n) is 2.01. The van der Waals surface area contributed by atoms with E-state index >= 15 is 0 Å². The number of amidine groups is 1. The minimum absolute atomic E-state index is 0.257. The molecule has 1 aliphatic rings. The van der Waals surface area contributed by atoms with Gasteiger partial charge in [0.15, 0.2) is 16.7 Å². The maximum absolute atomic E-state index is 11.6. The smallest absolute Gasteiger partial charge is 0.305 e. The fourth-order valence-corrected chi connectivity index (χ4v) is 3.16. The Labute approximate surface area is 163 Å².